The van der Waals surface area contributed by atoms with Crippen molar-refractivity contribution in [2.24, 2.45) is 5.92 Å². The Kier molecular flexibility index (Phi) is 5.24. The molecule has 0 N–H and O–H groups in total. The number of benzene rings is 1. The van der Waals surface area contributed by atoms with Crippen molar-refractivity contribution in [3.8, 4) is 11.6 Å². The van der Waals surface area contributed by atoms with Gasteiger partial charge in [-0.05, 0) is 55.1 Å². The minimum absolute atomic E-state index is 0.201. The summed E-state index contributed by atoms with van der Waals surface area (Å²) >= 11 is 1.47. The lowest BCUT2D eigenvalue weighted by molar-refractivity contribution is -0.117. The lowest BCUT2D eigenvalue weighted by Crippen LogP contribution is -1.97. The van der Waals surface area contributed by atoms with E-state index < -0.39 is 0 Å². The van der Waals surface area contributed by atoms with Gasteiger partial charge in [0.25, 0.3) is 0 Å². The zero-order valence-corrected chi connectivity index (χ0v) is 15.3. The standard InChI is InChI=1S/C20H20N2O2S/c1-13(10-14(2)23)4-5-16-6-9-20(21-12-16)24-17-7-8-18-15(3)22-25-19(18)11-17/h4-9,11-13H,10H2,1-3H3/b5-4+/t13-/m0/s1. The zero-order valence-electron chi connectivity index (χ0n) is 14.5. The monoisotopic (exact) mass is 352 g/mol. The second-order valence-electron chi connectivity index (χ2n) is 6.20. The Labute approximate surface area is 151 Å². The molecular formula is C20H20N2O2S. The predicted octanol–water partition coefficient (Wildman–Crippen LogP) is 5.42. The second kappa shape index (κ2) is 7.57. The number of ether oxygens (including phenoxy) is 1. The molecule has 4 nitrogen and oxygen atoms in total. The molecule has 1 atom stereocenters. The highest BCUT2D eigenvalue weighted by Crippen LogP contribution is 2.28. The Morgan fingerprint density at radius 2 is 2.16 bits per heavy atom. The van der Waals surface area contributed by atoms with E-state index in [1.54, 1.807) is 13.1 Å². The maximum Gasteiger partial charge on any atom is 0.219 e. The lowest BCUT2D eigenvalue weighted by Gasteiger charge is -2.05. The normalized spacial score (nSPS) is 12.6. The average molecular weight is 352 g/mol. The maximum absolute atomic E-state index is 11.1. The van der Waals surface area contributed by atoms with Crippen LogP contribution in [-0.2, 0) is 4.79 Å². The molecule has 0 unspecified atom stereocenters. The van der Waals surface area contributed by atoms with Crippen LogP contribution in [0.5, 0.6) is 11.6 Å². The number of nitrogens with zero attached hydrogens (tertiary/aromatic N) is 2. The fourth-order valence-electron chi connectivity index (χ4n) is 2.58. The third-order valence-electron chi connectivity index (χ3n) is 3.83. The second-order valence-corrected chi connectivity index (χ2v) is 7.01. The smallest absolute Gasteiger partial charge is 0.219 e. The summed E-state index contributed by atoms with van der Waals surface area (Å²) in [6.07, 6.45) is 6.34. The Hall–Kier alpha value is -2.53. The van der Waals surface area contributed by atoms with E-state index in [9.17, 15) is 4.79 Å². The van der Waals surface area contributed by atoms with Gasteiger partial charge in [0.05, 0.1) is 10.4 Å². The number of aryl methyl sites for hydroxylation is 1. The van der Waals surface area contributed by atoms with Crippen LogP contribution in [0.1, 0.15) is 31.5 Å². The van der Waals surface area contributed by atoms with Crippen molar-refractivity contribution < 1.29 is 9.53 Å². The number of carbonyl (C=O) groups is 1. The number of Topliss-reactive ketones (excluding diaryl/α,β-unsaturated/α-hetero) is 1. The molecule has 2 heterocycles. The first kappa shape index (κ1) is 17.3. The van der Waals surface area contributed by atoms with E-state index in [2.05, 4.69) is 9.36 Å². The van der Waals surface area contributed by atoms with E-state index in [1.807, 2.05) is 56.3 Å². The molecule has 128 valence electrons. The van der Waals surface area contributed by atoms with Gasteiger partial charge in [0, 0.05) is 30.1 Å². The number of rotatable bonds is 6. The van der Waals surface area contributed by atoms with Crippen molar-refractivity contribution >= 4 is 33.5 Å². The Morgan fingerprint density at radius 1 is 1.32 bits per heavy atom. The number of pyridine rings is 1. The van der Waals surface area contributed by atoms with Gasteiger partial charge in [0.2, 0.25) is 5.88 Å². The quantitative estimate of drug-likeness (QED) is 0.594. The van der Waals surface area contributed by atoms with Gasteiger partial charge in [0.1, 0.15) is 11.5 Å². The number of carbonyl (C=O) groups excluding carboxylic acids is 1. The minimum atomic E-state index is 0.201. The van der Waals surface area contributed by atoms with Gasteiger partial charge in [-0.2, -0.15) is 4.37 Å². The molecule has 0 amide bonds. The molecule has 0 saturated carbocycles. The van der Waals surface area contributed by atoms with Crippen molar-refractivity contribution in [2.45, 2.75) is 27.2 Å². The largest absolute Gasteiger partial charge is 0.439 e. The van der Waals surface area contributed by atoms with Crippen LogP contribution in [0.2, 0.25) is 0 Å². The Morgan fingerprint density at radius 3 is 2.88 bits per heavy atom. The first-order valence-corrected chi connectivity index (χ1v) is 8.96. The first-order valence-electron chi connectivity index (χ1n) is 8.19. The molecule has 0 aliphatic heterocycles. The SMILES string of the molecule is CC(=O)C[C@@H](C)/C=C/c1ccc(Oc2ccc3c(C)nsc3c2)nc1. The minimum Gasteiger partial charge on any atom is -0.439 e. The number of hydrogen-bond donors (Lipinski definition) is 0. The van der Waals surface area contributed by atoms with Crippen LogP contribution in [-0.4, -0.2) is 15.1 Å². The zero-order chi connectivity index (χ0) is 17.8. The van der Waals surface area contributed by atoms with Crippen LogP contribution in [0.15, 0.2) is 42.6 Å². The van der Waals surface area contributed by atoms with Crippen molar-refractivity contribution in [3.05, 3.63) is 53.9 Å². The predicted molar refractivity (Wildman–Crippen MR) is 102 cm³/mol. The van der Waals surface area contributed by atoms with E-state index in [0.29, 0.717) is 12.3 Å². The summed E-state index contributed by atoms with van der Waals surface area (Å²) < 4.78 is 11.3. The molecule has 25 heavy (non-hydrogen) atoms. The fourth-order valence-corrected chi connectivity index (χ4v) is 3.39. The molecule has 0 fully saturated rings. The molecule has 1 aromatic carbocycles. The van der Waals surface area contributed by atoms with Crippen LogP contribution >= 0.6 is 11.5 Å². The Balaban J connectivity index is 1.67. The Bertz CT molecular complexity index is 913. The van der Waals surface area contributed by atoms with Crippen LogP contribution < -0.4 is 4.74 Å². The molecular weight excluding hydrogens is 332 g/mol. The van der Waals surface area contributed by atoms with Gasteiger partial charge in [-0.15, -0.1) is 0 Å². The number of fused-ring (bicyclic) bond motifs is 1. The molecule has 0 bridgehead atoms. The summed E-state index contributed by atoms with van der Waals surface area (Å²) in [5, 5.41) is 1.16. The molecule has 0 spiro atoms. The van der Waals surface area contributed by atoms with Gasteiger partial charge in [0.15, 0.2) is 0 Å². The van der Waals surface area contributed by atoms with Gasteiger partial charge in [-0.1, -0.05) is 19.1 Å². The number of aromatic nitrogens is 2. The topological polar surface area (TPSA) is 52.1 Å². The summed E-state index contributed by atoms with van der Waals surface area (Å²) in [6, 6.07) is 9.74. The van der Waals surface area contributed by atoms with Crippen LogP contribution in [0.25, 0.3) is 16.2 Å². The molecule has 0 aliphatic rings. The molecule has 3 rings (SSSR count). The number of hydrogen-bond acceptors (Lipinski definition) is 5. The fraction of sp³-hybridized carbons (Fsp3) is 0.250. The highest BCUT2D eigenvalue weighted by Gasteiger charge is 2.05. The average Bonchev–Trinajstić information content (AvgIpc) is 2.94. The lowest BCUT2D eigenvalue weighted by atomic mass is 10.0. The van der Waals surface area contributed by atoms with Gasteiger partial charge in [-0.3, -0.25) is 0 Å². The summed E-state index contributed by atoms with van der Waals surface area (Å²) in [5.74, 6) is 1.73. The van der Waals surface area contributed by atoms with E-state index in [1.165, 1.54) is 11.5 Å². The highest BCUT2D eigenvalue weighted by molar-refractivity contribution is 7.13. The third-order valence-corrected chi connectivity index (χ3v) is 4.73. The maximum atomic E-state index is 11.1. The van der Waals surface area contributed by atoms with Crippen molar-refractivity contribution in [1.29, 1.82) is 0 Å². The molecule has 2 aromatic heterocycles. The number of allylic oxidation sites excluding steroid dienone is 1. The summed E-state index contributed by atoms with van der Waals surface area (Å²) in [4.78, 5) is 15.4. The summed E-state index contributed by atoms with van der Waals surface area (Å²) in [7, 11) is 0. The van der Waals surface area contributed by atoms with E-state index >= 15 is 0 Å². The van der Waals surface area contributed by atoms with E-state index in [0.717, 1.165) is 27.1 Å². The number of ketones is 1. The molecule has 3 aromatic rings. The van der Waals surface area contributed by atoms with Crippen LogP contribution in [0.3, 0.4) is 0 Å². The summed E-state index contributed by atoms with van der Waals surface area (Å²) in [6.45, 7) is 5.65. The summed E-state index contributed by atoms with van der Waals surface area (Å²) in [5.41, 5.74) is 2.02. The molecule has 0 radical (unpaired) electrons. The molecule has 0 saturated heterocycles. The van der Waals surface area contributed by atoms with Crippen molar-refractivity contribution in [3.63, 3.8) is 0 Å². The van der Waals surface area contributed by atoms with Gasteiger partial charge >= 0.3 is 0 Å². The first-order chi connectivity index (χ1) is 12.0. The molecule has 0 aliphatic carbocycles. The van der Waals surface area contributed by atoms with Gasteiger partial charge in [-0.25, -0.2) is 4.98 Å². The van der Waals surface area contributed by atoms with Gasteiger partial charge < -0.3 is 9.53 Å². The molecule has 5 heteroatoms. The highest BCUT2D eigenvalue weighted by atomic mass is 32.1. The van der Waals surface area contributed by atoms with E-state index in [4.69, 9.17) is 4.74 Å². The third kappa shape index (κ3) is 4.51. The van der Waals surface area contributed by atoms with Crippen molar-refractivity contribution in [2.75, 3.05) is 0 Å². The van der Waals surface area contributed by atoms with Crippen LogP contribution in [0, 0.1) is 12.8 Å². The van der Waals surface area contributed by atoms with Crippen molar-refractivity contribution in [1.82, 2.24) is 9.36 Å². The van der Waals surface area contributed by atoms with E-state index in [-0.39, 0.29) is 11.7 Å². The van der Waals surface area contributed by atoms with Crippen LogP contribution in [0.4, 0.5) is 0 Å².